The number of fused-ring (bicyclic) bond motifs is 1. The molecule has 0 bridgehead atoms. The molecule has 1 saturated heterocycles. The fourth-order valence-corrected chi connectivity index (χ4v) is 7.55. The number of benzene rings is 2. The summed E-state index contributed by atoms with van der Waals surface area (Å²) in [6.45, 7) is 3.02. The number of aryl methyl sites for hydroxylation is 1. The third-order valence-corrected chi connectivity index (χ3v) is 10.2. The van der Waals surface area contributed by atoms with E-state index in [-0.39, 0.29) is 39.7 Å². The Bertz CT molecular complexity index is 1650. The van der Waals surface area contributed by atoms with Crippen LogP contribution >= 0.6 is 11.3 Å². The van der Waals surface area contributed by atoms with E-state index in [1.807, 2.05) is 0 Å². The van der Waals surface area contributed by atoms with Gasteiger partial charge in [0.25, 0.3) is 5.91 Å². The fraction of sp³-hybridized carbons (Fsp3) is 0.400. The van der Waals surface area contributed by atoms with Crippen LogP contribution in [-0.2, 0) is 36.1 Å². The molecule has 1 aliphatic rings. The summed E-state index contributed by atoms with van der Waals surface area (Å²) in [6, 6.07) is 9.94. The van der Waals surface area contributed by atoms with Gasteiger partial charge in [-0.05, 0) is 62.2 Å². The standard InChI is InChI=1S/C25H30N4O7S3/c1-2-36-23(30)13-16-29-21-12-11-20(38(26,32)33)17-22(21)37-25(29)27-24(31)18-7-9-19(10-8-18)39(34,35)28-14-5-3-4-6-15-28/h7-12,17H,2-6,13-16H2,1H3,(H2,26,32,33). The van der Waals surface area contributed by atoms with E-state index in [4.69, 9.17) is 9.88 Å². The molecule has 11 nitrogen and oxygen atoms in total. The van der Waals surface area contributed by atoms with Crippen LogP contribution in [-0.4, -0.2) is 57.3 Å². The van der Waals surface area contributed by atoms with Gasteiger partial charge in [0.05, 0.1) is 33.0 Å². The highest BCUT2D eigenvalue weighted by atomic mass is 32.2. The summed E-state index contributed by atoms with van der Waals surface area (Å²) in [5.41, 5.74) is 0.756. The first kappa shape index (κ1) is 29.1. The van der Waals surface area contributed by atoms with E-state index >= 15 is 0 Å². The lowest BCUT2D eigenvalue weighted by molar-refractivity contribution is -0.143. The molecule has 1 amide bonds. The summed E-state index contributed by atoms with van der Waals surface area (Å²) < 4.78 is 58.4. The third-order valence-electron chi connectivity index (χ3n) is 6.33. The summed E-state index contributed by atoms with van der Waals surface area (Å²) >= 11 is 1.07. The van der Waals surface area contributed by atoms with E-state index in [2.05, 4.69) is 4.99 Å². The van der Waals surface area contributed by atoms with Gasteiger partial charge in [0.1, 0.15) is 0 Å². The van der Waals surface area contributed by atoms with Crippen molar-refractivity contribution < 1.29 is 31.2 Å². The summed E-state index contributed by atoms with van der Waals surface area (Å²) in [5, 5.41) is 5.26. The minimum absolute atomic E-state index is 0.0149. The maximum absolute atomic E-state index is 13.1. The van der Waals surface area contributed by atoms with E-state index < -0.39 is 31.9 Å². The first-order valence-electron chi connectivity index (χ1n) is 12.5. The molecule has 4 rings (SSSR count). The molecule has 2 N–H and O–H groups in total. The van der Waals surface area contributed by atoms with Gasteiger partial charge in [-0.1, -0.05) is 24.2 Å². The number of thiazole rings is 1. The zero-order valence-electron chi connectivity index (χ0n) is 21.4. The third kappa shape index (κ3) is 6.81. The van der Waals surface area contributed by atoms with Crippen molar-refractivity contribution in [2.24, 2.45) is 10.1 Å². The van der Waals surface area contributed by atoms with Crippen LogP contribution in [0, 0.1) is 0 Å². The van der Waals surface area contributed by atoms with Crippen molar-refractivity contribution in [2.45, 2.75) is 55.4 Å². The average molecular weight is 595 g/mol. The lowest BCUT2D eigenvalue weighted by atomic mass is 10.2. The number of ether oxygens (including phenoxy) is 1. The van der Waals surface area contributed by atoms with Gasteiger partial charge in [0.2, 0.25) is 20.0 Å². The highest BCUT2D eigenvalue weighted by molar-refractivity contribution is 7.89. The maximum Gasteiger partial charge on any atom is 0.307 e. The van der Waals surface area contributed by atoms with Crippen molar-refractivity contribution in [2.75, 3.05) is 19.7 Å². The van der Waals surface area contributed by atoms with Crippen LogP contribution in [0.3, 0.4) is 0 Å². The Morgan fingerprint density at radius 2 is 1.62 bits per heavy atom. The van der Waals surface area contributed by atoms with Gasteiger partial charge >= 0.3 is 5.97 Å². The van der Waals surface area contributed by atoms with Gasteiger partial charge in [-0.3, -0.25) is 9.59 Å². The average Bonchev–Trinajstić information content (AvgIpc) is 3.04. The summed E-state index contributed by atoms with van der Waals surface area (Å²) in [5.74, 6) is -1.04. The van der Waals surface area contributed by atoms with Gasteiger partial charge in [0, 0.05) is 25.2 Å². The number of nitrogens with two attached hydrogens (primary N) is 1. The highest BCUT2D eigenvalue weighted by Crippen LogP contribution is 2.23. The molecule has 14 heteroatoms. The molecule has 0 spiro atoms. The van der Waals surface area contributed by atoms with Crippen molar-refractivity contribution in [1.29, 1.82) is 0 Å². The fourth-order valence-electron chi connectivity index (χ4n) is 4.32. The Morgan fingerprint density at radius 1 is 0.974 bits per heavy atom. The maximum atomic E-state index is 13.1. The van der Waals surface area contributed by atoms with Crippen LogP contribution in [0.15, 0.2) is 57.2 Å². The number of sulfonamides is 2. The number of carbonyl (C=O) groups excluding carboxylic acids is 2. The van der Waals surface area contributed by atoms with Gasteiger partial charge in [0.15, 0.2) is 4.80 Å². The second kappa shape index (κ2) is 12.1. The van der Waals surface area contributed by atoms with E-state index in [1.54, 1.807) is 17.6 Å². The van der Waals surface area contributed by atoms with Crippen molar-refractivity contribution in [3.63, 3.8) is 0 Å². The number of aromatic nitrogens is 1. The second-order valence-electron chi connectivity index (χ2n) is 9.03. The molecule has 3 aromatic rings. The summed E-state index contributed by atoms with van der Waals surface area (Å²) in [4.78, 5) is 29.6. The van der Waals surface area contributed by atoms with E-state index in [1.165, 1.54) is 40.7 Å². The Kier molecular flexibility index (Phi) is 9.01. The second-order valence-corrected chi connectivity index (χ2v) is 13.5. The summed E-state index contributed by atoms with van der Waals surface area (Å²) in [7, 11) is -7.61. The molecule has 39 heavy (non-hydrogen) atoms. The zero-order chi connectivity index (χ0) is 28.2. The molecular formula is C25H30N4O7S3. The molecule has 1 fully saturated rings. The van der Waals surface area contributed by atoms with Gasteiger partial charge in [-0.25, -0.2) is 22.0 Å². The zero-order valence-corrected chi connectivity index (χ0v) is 23.9. The number of hydrogen-bond acceptors (Lipinski definition) is 8. The first-order chi connectivity index (χ1) is 18.5. The molecule has 0 saturated carbocycles. The minimum Gasteiger partial charge on any atom is -0.466 e. The smallest absolute Gasteiger partial charge is 0.307 e. The van der Waals surface area contributed by atoms with E-state index in [0.717, 1.165) is 37.0 Å². The Balaban J connectivity index is 1.67. The summed E-state index contributed by atoms with van der Waals surface area (Å²) in [6.07, 6.45) is 3.65. The lowest BCUT2D eigenvalue weighted by Crippen LogP contribution is -2.31. The van der Waals surface area contributed by atoms with Gasteiger partial charge < -0.3 is 9.30 Å². The number of amides is 1. The monoisotopic (exact) mass is 594 g/mol. The van der Waals surface area contributed by atoms with E-state index in [0.29, 0.717) is 23.3 Å². The van der Waals surface area contributed by atoms with E-state index in [9.17, 15) is 26.4 Å². The van der Waals surface area contributed by atoms with Crippen molar-refractivity contribution >= 4 is 53.5 Å². The molecule has 2 heterocycles. The van der Waals surface area contributed by atoms with Crippen LogP contribution in [0.2, 0.25) is 0 Å². The molecule has 1 aliphatic heterocycles. The molecule has 0 atom stereocenters. The van der Waals surface area contributed by atoms with Crippen molar-refractivity contribution in [3.8, 4) is 0 Å². The first-order valence-corrected chi connectivity index (χ1v) is 16.3. The topological polar surface area (TPSA) is 158 Å². The number of esters is 1. The number of hydrogen-bond donors (Lipinski definition) is 1. The molecule has 0 radical (unpaired) electrons. The van der Waals surface area contributed by atoms with Gasteiger partial charge in [-0.15, -0.1) is 0 Å². The molecule has 2 aromatic carbocycles. The van der Waals surface area contributed by atoms with Gasteiger partial charge in [-0.2, -0.15) is 9.30 Å². The predicted molar refractivity (Wildman–Crippen MR) is 146 cm³/mol. The number of primary sulfonamides is 1. The largest absolute Gasteiger partial charge is 0.466 e. The molecule has 210 valence electrons. The molecule has 1 aromatic heterocycles. The normalized spacial score (nSPS) is 15.8. The number of nitrogens with zero attached hydrogens (tertiary/aromatic N) is 3. The minimum atomic E-state index is -3.95. The van der Waals surface area contributed by atoms with Crippen molar-refractivity contribution in [3.05, 3.63) is 52.8 Å². The molecular weight excluding hydrogens is 564 g/mol. The van der Waals surface area contributed by atoms with Crippen LogP contribution in [0.25, 0.3) is 10.2 Å². The van der Waals surface area contributed by atoms with Crippen molar-refractivity contribution in [1.82, 2.24) is 8.87 Å². The quantitative estimate of drug-likeness (QED) is 0.393. The highest BCUT2D eigenvalue weighted by Gasteiger charge is 2.25. The Morgan fingerprint density at radius 3 is 2.23 bits per heavy atom. The van der Waals surface area contributed by atoms with Crippen LogP contribution in [0.5, 0.6) is 0 Å². The Labute approximate surface area is 231 Å². The SMILES string of the molecule is CCOC(=O)CCn1c(=NC(=O)c2ccc(S(=O)(=O)N3CCCCCC3)cc2)sc2cc(S(N)(=O)=O)ccc21. The Hall–Kier alpha value is -2.91. The van der Waals surface area contributed by atoms with Crippen LogP contribution in [0.4, 0.5) is 0 Å². The molecule has 0 aliphatic carbocycles. The molecule has 0 unspecified atom stereocenters. The number of rotatable bonds is 8. The van der Waals surface area contributed by atoms with Crippen LogP contribution in [0.1, 0.15) is 49.4 Å². The predicted octanol–water partition coefficient (Wildman–Crippen LogP) is 2.61. The number of carbonyl (C=O) groups is 2. The van der Waals surface area contributed by atoms with Crippen LogP contribution < -0.4 is 9.94 Å². The lowest BCUT2D eigenvalue weighted by Gasteiger charge is -2.19.